The molecule has 1 unspecified atom stereocenters. The summed E-state index contributed by atoms with van der Waals surface area (Å²) >= 11 is 3.70. The minimum atomic E-state index is 0.384. The lowest BCUT2D eigenvalue weighted by atomic mass is 10.2. The van der Waals surface area contributed by atoms with Gasteiger partial charge in [0, 0.05) is 26.5 Å². The maximum absolute atomic E-state index is 3.68. The molecule has 0 bridgehead atoms. The van der Waals surface area contributed by atoms with Gasteiger partial charge in [-0.05, 0) is 42.8 Å². The van der Waals surface area contributed by atoms with Gasteiger partial charge in [0.2, 0.25) is 0 Å². The molecule has 2 aromatic heterocycles. The predicted molar refractivity (Wildman–Crippen MR) is 86.1 cm³/mol. The second-order valence-electron chi connectivity index (χ2n) is 4.81. The molecule has 1 N–H and O–H groups in total. The summed E-state index contributed by atoms with van der Waals surface area (Å²) in [6.45, 7) is 4.48. The molecule has 0 radical (unpaired) electrons. The predicted octanol–water partition coefficient (Wildman–Crippen LogP) is 5.37. The van der Waals surface area contributed by atoms with Gasteiger partial charge in [-0.15, -0.1) is 22.7 Å². The van der Waals surface area contributed by atoms with E-state index in [2.05, 4.69) is 67.0 Å². The van der Waals surface area contributed by atoms with Crippen molar-refractivity contribution in [1.82, 2.24) is 5.32 Å². The Morgan fingerprint density at radius 1 is 0.947 bits per heavy atom. The summed E-state index contributed by atoms with van der Waals surface area (Å²) in [4.78, 5) is 2.80. The van der Waals surface area contributed by atoms with Crippen LogP contribution in [0.2, 0.25) is 0 Å². The van der Waals surface area contributed by atoms with Crippen LogP contribution in [-0.4, -0.2) is 0 Å². The van der Waals surface area contributed by atoms with Crippen LogP contribution >= 0.6 is 22.7 Å². The number of benzene rings is 1. The molecule has 1 nitrogen and oxygen atoms in total. The number of hydrogen-bond donors (Lipinski definition) is 1. The van der Waals surface area contributed by atoms with Crippen LogP contribution in [0.1, 0.15) is 35.7 Å². The van der Waals surface area contributed by atoms with Crippen molar-refractivity contribution in [3.8, 4) is 0 Å². The third kappa shape index (κ3) is 2.73. The van der Waals surface area contributed by atoms with Gasteiger partial charge < -0.3 is 5.32 Å². The van der Waals surface area contributed by atoms with E-state index in [0.717, 1.165) is 0 Å². The topological polar surface area (TPSA) is 12.0 Å². The van der Waals surface area contributed by atoms with Crippen molar-refractivity contribution in [2.45, 2.75) is 25.9 Å². The lowest BCUT2D eigenvalue weighted by Crippen LogP contribution is -2.20. The highest BCUT2D eigenvalue weighted by Crippen LogP contribution is 2.31. The van der Waals surface area contributed by atoms with E-state index in [9.17, 15) is 0 Å². The molecule has 3 heteroatoms. The Balaban J connectivity index is 1.78. The molecule has 1 aromatic carbocycles. The number of thiophene rings is 2. The Morgan fingerprint density at radius 3 is 2.47 bits per heavy atom. The van der Waals surface area contributed by atoms with E-state index in [1.807, 2.05) is 22.7 Å². The molecular formula is C16H17NS2. The minimum Gasteiger partial charge on any atom is -0.302 e. The van der Waals surface area contributed by atoms with E-state index in [1.54, 1.807) is 0 Å². The summed E-state index contributed by atoms with van der Waals surface area (Å²) < 4.78 is 1.37. The SMILES string of the molecule is CC(N[C@@H](C)c1cccs1)c1cc2ccccc2s1. The molecule has 98 valence electrons. The maximum Gasteiger partial charge on any atom is 0.0391 e. The fourth-order valence-corrected chi connectivity index (χ4v) is 4.11. The Kier molecular flexibility index (Phi) is 3.69. The van der Waals surface area contributed by atoms with Crippen molar-refractivity contribution < 1.29 is 0 Å². The first-order chi connectivity index (χ1) is 9.24. The van der Waals surface area contributed by atoms with Gasteiger partial charge in [-0.3, -0.25) is 0 Å². The van der Waals surface area contributed by atoms with Crippen LogP contribution < -0.4 is 5.32 Å². The third-order valence-electron chi connectivity index (χ3n) is 3.34. The van der Waals surface area contributed by atoms with Gasteiger partial charge in [-0.25, -0.2) is 0 Å². The van der Waals surface area contributed by atoms with E-state index < -0.39 is 0 Å². The minimum absolute atomic E-state index is 0.384. The van der Waals surface area contributed by atoms with Gasteiger partial charge in [-0.1, -0.05) is 24.3 Å². The first-order valence-electron chi connectivity index (χ1n) is 6.52. The molecule has 2 heterocycles. The molecule has 0 saturated carbocycles. The number of hydrogen-bond acceptors (Lipinski definition) is 3. The summed E-state index contributed by atoms with van der Waals surface area (Å²) in [5.41, 5.74) is 0. The molecule has 0 aliphatic rings. The molecule has 0 fully saturated rings. The quantitative estimate of drug-likeness (QED) is 0.680. The maximum atomic E-state index is 3.68. The van der Waals surface area contributed by atoms with Crippen LogP contribution in [0, 0.1) is 0 Å². The van der Waals surface area contributed by atoms with Gasteiger partial charge in [0.15, 0.2) is 0 Å². The molecule has 3 rings (SSSR count). The lowest BCUT2D eigenvalue weighted by molar-refractivity contribution is 0.506. The summed E-state index contributed by atoms with van der Waals surface area (Å²) in [6.07, 6.45) is 0. The summed E-state index contributed by atoms with van der Waals surface area (Å²) in [5.74, 6) is 0. The summed E-state index contributed by atoms with van der Waals surface area (Å²) in [5, 5.41) is 7.16. The molecule has 3 aromatic rings. The zero-order valence-corrected chi connectivity index (χ0v) is 12.7. The van der Waals surface area contributed by atoms with E-state index in [0.29, 0.717) is 12.1 Å². The number of nitrogens with one attached hydrogen (secondary N) is 1. The monoisotopic (exact) mass is 287 g/mol. The second-order valence-corrected chi connectivity index (χ2v) is 6.91. The second kappa shape index (κ2) is 5.45. The Labute approximate surface area is 121 Å². The van der Waals surface area contributed by atoms with Crippen LogP contribution in [-0.2, 0) is 0 Å². The zero-order chi connectivity index (χ0) is 13.2. The fraction of sp³-hybridized carbons (Fsp3) is 0.250. The Morgan fingerprint density at radius 2 is 1.74 bits per heavy atom. The third-order valence-corrected chi connectivity index (χ3v) is 5.70. The molecule has 0 spiro atoms. The van der Waals surface area contributed by atoms with Gasteiger partial charge >= 0.3 is 0 Å². The molecule has 0 aliphatic heterocycles. The Hall–Kier alpha value is -1.16. The standard InChI is InChI=1S/C16H17NS2/c1-11(14-8-5-9-18-14)17-12(2)16-10-13-6-3-4-7-15(13)19-16/h3-12,17H,1-2H3/t11-,12?/m0/s1. The van der Waals surface area contributed by atoms with Gasteiger partial charge in [0.1, 0.15) is 0 Å². The van der Waals surface area contributed by atoms with E-state index in [4.69, 9.17) is 0 Å². The summed E-state index contributed by atoms with van der Waals surface area (Å²) in [7, 11) is 0. The largest absolute Gasteiger partial charge is 0.302 e. The van der Waals surface area contributed by atoms with E-state index >= 15 is 0 Å². The Bertz CT molecular complexity index is 621. The molecule has 19 heavy (non-hydrogen) atoms. The highest BCUT2D eigenvalue weighted by molar-refractivity contribution is 7.19. The van der Waals surface area contributed by atoms with E-state index in [1.165, 1.54) is 19.8 Å². The first kappa shape index (κ1) is 12.9. The molecule has 2 atom stereocenters. The smallest absolute Gasteiger partial charge is 0.0391 e. The lowest BCUT2D eigenvalue weighted by Gasteiger charge is -2.17. The number of fused-ring (bicyclic) bond motifs is 1. The zero-order valence-electron chi connectivity index (χ0n) is 11.1. The number of rotatable bonds is 4. The highest BCUT2D eigenvalue weighted by Gasteiger charge is 2.13. The average molecular weight is 287 g/mol. The fourth-order valence-electron chi connectivity index (χ4n) is 2.29. The normalized spacial score (nSPS) is 14.6. The van der Waals surface area contributed by atoms with Crippen LogP contribution in [0.25, 0.3) is 10.1 Å². The molecular weight excluding hydrogens is 270 g/mol. The van der Waals surface area contributed by atoms with Crippen molar-refractivity contribution >= 4 is 32.8 Å². The van der Waals surface area contributed by atoms with Crippen molar-refractivity contribution in [2.75, 3.05) is 0 Å². The van der Waals surface area contributed by atoms with Crippen molar-refractivity contribution in [3.05, 3.63) is 57.6 Å². The molecule has 0 amide bonds. The van der Waals surface area contributed by atoms with Crippen molar-refractivity contribution in [2.24, 2.45) is 0 Å². The van der Waals surface area contributed by atoms with Crippen molar-refractivity contribution in [3.63, 3.8) is 0 Å². The van der Waals surface area contributed by atoms with Crippen LogP contribution in [0.4, 0.5) is 0 Å². The van der Waals surface area contributed by atoms with Gasteiger partial charge in [0.25, 0.3) is 0 Å². The highest BCUT2D eigenvalue weighted by atomic mass is 32.1. The first-order valence-corrected chi connectivity index (χ1v) is 8.21. The van der Waals surface area contributed by atoms with Crippen LogP contribution in [0.3, 0.4) is 0 Å². The van der Waals surface area contributed by atoms with Gasteiger partial charge in [0.05, 0.1) is 0 Å². The molecule has 0 saturated heterocycles. The van der Waals surface area contributed by atoms with Crippen LogP contribution in [0.15, 0.2) is 47.8 Å². The summed E-state index contributed by atoms with van der Waals surface area (Å²) in [6, 6.07) is 16.0. The van der Waals surface area contributed by atoms with Crippen molar-refractivity contribution in [1.29, 1.82) is 0 Å². The van der Waals surface area contributed by atoms with Crippen LogP contribution in [0.5, 0.6) is 0 Å². The van der Waals surface area contributed by atoms with Gasteiger partial charge in [-0.2, -0.15) is 0 Å². The average Bonchev–Trinajstić information content (AvgIpc) is 3.07. The molecule has 0 aliphatic carbocycles. The van der Waals surface area contributed by atoms with E-state index in [-0.39, 0.29) is 0 Å².